The molecular weight excluding hydrogens is 220 g/mol. The van der Waals surface area contributed by atoms with Crippen LogP contribution in [-0.2, 0) is 0 Å². The fraction of sp³-hybridized carbons (Fsp3) is 0.417. The molecule has 1 N–H and O–H groups in total. The number of amidine groups is 1. The Bertz CT molecular complexity index is 375. The molecule has 0 amide bonds. The van der Waals surface area contributed by atoms with E-state index in [4.69, 9.17) is 4.74 Å². The van der Waals surface area contributed by atoms with Crippen molar-refractivity contribution in [1.82, 2.24) is 0 Å². The highest BCUT2D eigenvalue weighted by Gasteiger charge is 2.13. The minimum absolute atomic E-state index is 0.426. The molecule has 1 aliphatic heterocycles. The summed E-state index contributed by atoms with van der Waals surface area (Å²) in [7, 11) is 0. The molecule has 1 aromatic rings. The predicted octanol–water partition coefficient (Wildman–Crippen LogP) is 2.99. The van der Waals surface area contributed by atoms with Gasteiger partial charge in [-0.1, -0.05) is 11.8 Å². The van der Waals surface area contributed by atoms with E-state index in [1.807, 2.05) is 31.2 Å². The molecule has 0 saturated heterocycles. The highest BCUT2D eigenvalue weighted by molar-refractivity contribution is 8.14. The van der Waals surface area contributed by atoms with Crippen LogP contribution >= 0.6 is 11.8 Å². The van der Waals surface area contributed by atoms with Gasteiger partial charge in [-0.3, -0.25) is 4.99 Å². The number of ether oxygens (including phenoxy) is 1. The zero-order chi connectivity index (χ0) is 11.4. The van der Waals surface area contributed by atoms with E-state index in [1.165, 1.54) is 0 Å². The summed E-state index contributed by atoms with van der Waals surface area (Å²) in [6.07, 6.45) is 0. The summed E-state index contributed by atoms with van der Waals surface area (Å²) in [5, 5.41) is 4.31. The predicted molar refractivity (Wildman–Crippen MR) is 70.6 cm³/mol. The summed E-state index contributed by atoms with van der Waals surface area (Å²) in [6.45, 7) is 4.81. The van der Waals surface area contributed by atoms with Gasteiger partial charge >= 0.3 is 0 Å². The monoisotopic (exact) mass is 236 g/mol. The van der Waals surface area contributed by atoms with Gasteiger partial charge < -0.3 is 10.1 Å². The standard InChI is InChI=1S/C12H16N2OS/c1-3-15-11-6-4-10(5-7-11)14-12-13-9(2)8-16-12/h4-7,9H,3,8H2,1-2H3,(H,13,14)/t9-/m1/s1. The van der Waals surface area contributed by atoms with Gasteiger partial charge in [0.05, 0.1) is 12.6 Å². The maximum Gasteiger partial charge on any atom is 0.161 e. The lowest BCUT2D eigenvalue weighted by molar-refractivity contribution is 0.340. The molecule has 1 aromatic carbocycles. The van der Waals surface area contributed by atoms with Crippen LogP contribution in [0.3, 0.4) is 0 Å². The van der Waals surface area contributed by atoms with Crippen LogP contribution < -0.4 is 10.1 Å². The molecule has 1 atom stereocenters. The van der Waals surface area contributed by atoms with Crippen molar-refractivity contribution in [3.05, 3.63) is 24.3 Å². The number of aliphatic imine (C=N–C) groups is 1. The quantitative estimate of drug-likeness (QED) is 0.876. The van der Waals surface area contributed by atoms with Crippen LogP contribution in [0.2, 0.25) is 0 Å². The fourth-order valence-corrected chi connectivity index (χ4v) is 2.39. The van der Waals surface area contributed by atoms with Gasteiger partial charge in [0.15, 0.2) is 5.17 Å². The Morgan fingerprint density at radius 2 is 2.19 bits per heavy atom. The van der Waals surface area contributed by atoms with Gasteiger partial charge in [-0.05, 0) is 38.1 Å². The second kappa shape index (κ2) is 5.25. The van der Waals surface area contributed by atoms with Crippen molar-refractivity contribution in [3.63, 3.8) is 0 Å². The Morgan fingerprint density at radius 3 is 2.75 bits per heavy atom. The zero-order valence-corrected chi connectivity index (χ0v) is 10.4. The van der Waals surface area contributed by atoms with Crippen molar-refractivity contribution in [2.45, 2.75) is 19.9 Å². The Morgan fingerprint density at radius 1 is 1.44 bits per heavy atom. The molecule has 4 heteroatoms. The first kappa shape index (κ1) is 11.3. The maximum absolute atomic E-state index is 5.38. The van der Waals surface area contributed by atoms with Crippen molar-refractivity contribution in [2.75, 3.05) is 17.7 Å². The smallest absolute Gasteiger partial charge is 0.161 e. The number of anilines is 1. The first-order valence-corrected chi connectivity index (χ1v) is 6.47. The lowest BCUT2D eigenvalue weighted by atomic mass is 10.3. The van der Waals surface area contributed by atoms with Crippen molar-refractivity contribution in [2.24, 2.45) is 4.99 Å². The summed E-state index contributed by atoms with van der Waals surface area (Å²) >= 11 is 1.77. The maximum atomic E-state index is 5.38. The molecule has 1 aliphatic rings. The van der Waals surface area contributed by atoms with Gasteiger partial charge in [-0.25, -0.2) is 0 Å². The molecule has 0 spiro atoms. The Balaban J connectivity index is 1.97. The van der Waals surface area contributed by atoms with Gasteiger partial charge in [-0.15, -0.1) is 0 Å². The van der Waals surface area contributed by atoms with Crippen LogP contribution in [0.1, 0.15) is 13.8 Å². The van der Waals surface area contributed by atoms with E-state index < -0.39 is 0 Å². The lowest BCUT2D eigenvalue weighted by Gasteiger charge is -2.06. The number of nitrogens with one attached hydrogen (secondary N) is 1. The third-order valence-corrected chi connectivity index (χ3v) is 3.35. The van der Waals surface area contributed by atoms with Crippen LogP contribution in [0.25, 0.3) is 0 Å². The molecule has 3 nitrogen and oxygen atoms in total. The van der Waals surface area contributed by atoms with Crippen LogP contribution in [0.4, 0.5) is 5.69 Å². The number of hydrogen-bond acceptors (Lipinski definition) is 4. The molecule has 1 heterocycles. The van der Waals surface area contributed by atoms with Crippen LogP contribution in [0.15, 0.2) is 29.3 Å². The summed E-state index contributed by atoms with van der Waals surface area (Å²) in [5.74, 6) is 1.97. The number of benzene rings is 1. The average Bonchev–Trinajstić information content (AvgIpc) is 2.67. The molecule has 16 heavy (non-hydrogen) atoms. The minimum Gasteiger partial charge on any atom is -0.494 e. The second-order valence-electron chi connectivity index (χ2n) is 3.68. The topological polar surface area (TPSA) is 33.6 Å². The van der Waals surface area contributed by atoms with Crippen molar-refractivity contribution < 1.29 is 4.74 Å². The summed E-state index contributed by atoms with van der Waals surface area (Å²) in [4.78, 5) is 4.48. The third-order valence-electron chi connectivity index (χ3n) is 2.22. The van der Waals surface area contributed by atoms with E-state index >= 15 is 0 Å². The van der Waals surface area contributed by atoms with E-state index in [9.17, 15) is 0 Å². The molecule has 0 saturated carbocycles. The van der Waals surface area contributed by atoms with Gasteiger partial charge in [0.1, 0.15) is 5.75 Å². The molecule has 0 radical (unpaired) electrons. The minimum atomic E-state index is 0.426. The first-order chi connectivity index (χ1) is 7.78. The van der Waals surface area contributed by atoms with Crippen molar-refractivity contribution >= 4 is 22.6 Å². The number of rotatable bonds is 3. The number of thioether (sulfide) groups is 1. The zero-order valence-electron chi connectivity index (χ0n) is 9.56. The molecule has 2 rings (SSSR count). The van der Waals surface area contributed by atoms with Crippen LogP contribution in [0, 0.1) is 0 Å². The van der Waals surface area contributed by atoms with Crippen molar-refractivity contribution in [1.29, 1.82) is 0 Å². The summed E-state index contributed by atoms with van der Waals surface area (Å²) in [5.41, 5.74) is 1.06. The first-order valence-electron chi connectivity index (χ1n) is 5.48. The Kier molecular flexibility index (Phi) is 3.72. The molecular formula is C12H16N2OS. The number of nitrogens with zero attached hydrogens (tertiary/aromatic N) is 1. The van der Waals surface area contributed by atoms with Gasteiger partial charge in [0, 0.05) is 11.4 Å². The van der Waals surface area contributed by atoms with E-state index in [0.29, 0.717) is 12.6 Å². The van der Waals surface area contributed by atoms with Crippen LogP contribution in [0.5, 0.6) is 5.75 Å². The number of hydrogen-bond donors (Lipinski definition) is 1. The average molecular weight is 236 g/mol. The third kappa shape index (κ3) is 2.92. The fourth-order valence-electron chi connectivity index (χ4n) is 1.47. The second-order valence-corrected chi connectivity index (χ2v) is 4.69. The highest BCUT2D eigenvalue weighted by atomic mass is 32.2. The summed E-state index contributed by atoms with van der Waals surface area (Å²) in [6, 6.07) is 8.38. The molecule has 0 unspecified atom stereocenters. The van der Waals surface area contributed by atoms with Crippen molar-refractivity contribution in [3.8, 4) is 5.75 Å². The van der Waals surface area contributed by atoms with E-state index in [0.717, 1.165) is 22.4 Å². The largest absolute Gasteiger partial charge is 0.494 e. The molecule has 0 bridgehead atoms. The molecule has 0 aliphatic carbocycles. The lowest BCUT2D eigenvalue weighted by Crippen LogP contribution is -2.04. The SMILES string of the molecule is CCOc1ccc(NC2=N[C@H](C)CS2)cc1. The molecule has 0 aromatic heterocycles. The van der Waals surface area contributed by atoms with Gasteiger partial charge in [0.2, 0.25) is 0 Å². The van der Waals surface area contributed by atoms with E-state index in [1.54, 1.807) is 11.8 Å². The van der Waals surface area contributed by atoms with Gasteiger partial charge in [-0.2, -0.15) is 0 Å². The Hall–Kier alpha value is -1.16. The normalized spacial score (nSPS) is 19.4. The van der Waals surface area contributed by atoms with E-state index in [2.05, 4.69) is 17.2 Å². The summed E-state index contributed by atoms with van der Waals surface area (Å²) < 4.78 is 5.38. The highest BCUT2D eigenvalue weighted by Crippen LogP contribution is 2.21. The molecule has 0 fully saturated rings. The van der Waals surface area contributed by atoms with Gasteiger partial charge in [0.25, 0.3) is 0 Å². The van der Waals surface area contributed by atoms with E-state index in [-0.39, 0.29) is 0 Å². The van der Waals surface area contributed by atoms with Crippen LogP contribution in [-0.4, -0.2) is 23.6 Å². The molecule has 86 valence electrons. The Labute approximate surface area is 100 Å².